The maximum Gasteiger partial charge on any atom is 0.231 e. The first-order chi connectivity index (χ1) is 11.5. The molecule has 0 saturated heterocycles. The van der Waals surface area contributed by atoms with E-state index in [0.717, 1.165) is 16.8 Å². The van der Waals surface area contributed by atoms with E-state index >= 15 is 0 Å². The Hall–Kier alpha value is -2.10. The van der Waals surface area contributed by atoms with Gasteiger partial charge < -0.3 is 4.90 Å². The van der Waals surface area contributed by atoms with E-state index in [4.69, 9.17) is 23.2 Å². The van der Waals surface area contributed by atoms with Gasteiger partial charge in [0.15, 0.2) is 0 Å². The number of amides is 1. The van der Waals surface area contributed by atoms with Gasteiger partial charge >= 0.3 is 0 Å². The molecule has 5 heteroatoms. The summed E-state index contributed by atoms with van der Waals surface area (Å²) in [6, 6.07) is 13.2. The average Bonchev–Trinajstić information content (AvgIpc) is 2.84. The number of halogens is 2. The summed E-state index contributed by atoms with van der Waals surface area (Å²) in [6.07, 6.45) is 2.28. The van der Waals surface area contributed by atoms with Gasteiger partial charge in [0.1, 0.15) is 0 Å². The van der Waals surface area contributed by atoms with Crippen LogP contribution in [0.25, 0.3) is 0 Å². The molecule has 0 fully saturated rings. The number of hydrogen-bond acceptors (Lipinski definition) is 2. The number of hydrogen-bond donors (Lipinski definition) is 0. The van der Waals surface area contributed by atoms with Crippen LogP contribution in [0.4, 0.5) is 5.69 Å². The number of rotatable bonds is 4. The standard InChI is InChI=1S/C11H11NO.C8H7Cl2N/c1-2-7-12-10-6-4-3-5-9(10)8-11(12)13;1-11-5-6-2-7(9)4-8(10)3-6/h2-6H,1,7-8H2;2-4H,1,5H2. The van der Waals surface area contributed by atoms with Gasteiger partial charge in [-0.1, -0.05) is 47.5 Å². The van der Waals surface area contributed by atoms with Crippen molar-refractivity contribution in [2.45, 2.75) is 13.0 Å². The third-order valence-electron chi connectivity index (χ3n) is 3.45. The molecule has 1 aliphatic rings. The van der Waals surface area contributed by atoms with Crippen LogP contribution in [0, 0.1) is 0 Å². The first kappa shape index (κ1) is 18.2. The van der Waals surface area contributed by atoms with Gasteiger partial charge in [-0.05, 0) is 42.1 Å². The van der Waals surface area contributed by atoms with E-state index in [1.807, 2.05) is 36.4 Å². The largest absolute Gasteiger partial charge is 0.308 e. The fraction of sp³-hybridized carbons (Fsp3) is 0.158. The van der Waals surface area contributed by atoms with Crippen molar-refractivity contribution in [3.05, 3.63) is 76.3 Å². The molecule has 2 aromatic rings. The molecule has 0 spiro atoms. The summed E-state index contributed by atoms with van der Waals surface area (Å²) in [5.74, 6) is 0.168. The Bertz CT molecular complexity index is 739. The zero-order valence-corrected chi connectivity index (χ0v) is 14.7. The molecule has 0 radical (unpaired) electrons. The Morgan fingerprint density at radius 1 is 1.17 bits per heavy atom. The molecule has 2 aromatic carbocycles. The van der Waals surface area contributed by atoms with Crippen molar-refractivity contribution >= 4 is 41.5 Å². The highest BCUT2D eigenvalue weighted by atomic mass is 35.5. The fourth-order valence-electron chi connectivity index (χ4n) is 2.48. The molecule has 3 rings (SSSR count). The highest BCUT2D eigenvalue weighted by molar-refractivity contribution is 6.34. The maximum atomic E-state index is 11.5. The molecule has 0 bridgehead atoms. The normalized spacial score (nSPS) is 12.2. The van der Waals surface area contributed by atoms with Crippen molar-refractivity contribution in [1.29, 1.82) is 0 Å². The first-order valence-electron chi connectivity index (χ1n) is 7.41. The van der Waals surface area contributed by atoms with E-state index in [1.165, 1.54) is 0 Å². The lowest BCUT2D eigenvalue weighted by atomic mass is 10.2. The molecule has 124 valence electrons. The predicted octanol–water partition coefficient (Wildman–Crippen LogP) is 4.96. The second-order valence-corrected chi connectivity index (χ2v) is 6.13. The monoisotopic (exact) mass is 360 g/mol. The van der Waals surface area contributed by atoms with Crippen molar-refractivity contribution in [3.8, 4) is 0 Å². The van der Waals surface area contributed by atoms with Crippen LogP contribution >= 0.6 is 23.2 Å². The van der Waals surface area contributed by atoms with Crippen molar-refractivity contribution in [2.75, 3.05) is 11.4 Å². The number of aliphatic imine (C=N–C) groups is 1. The van der Waals surface area contributed by atoms with Crippen LogP contribution in [0.3, 0.4) is 0 Å². The number of anilines is 1. The van der Waals surface area contributed by atoms with Crippen LogP contribution in [-0.4, -0.2) is 19.2 Å². The summed E-state index contributed by atoms with van der Waals surface area (Å²) in [4.78, 5) is 17.0. The highest BCUT2D eigenvalue weighted by Gasteiger charge is 2.25. The summed E-state index contributed by atoms with van der Waals surface area (Å²) in [5, 5.41) is 1.27. The van der Waals surface area contributed by atoms with Crippen LogP contribution in [0.1, 0.15) is 11.1 Å². The second-order valence-electron chi connectivity index (χ2n) is 5.26. The first-order valence-corrected chi connectivity index (χ1v) is 8.17. The Morgan fingerprint density at radius 2 is 1.83 bits per heavy atom. The molecule has 0 saturated carbocycles. The third-order valence-corrected chi connectivity index (χ3v) is 3.89. The van der Waals surface area contributed by atoms with Gasteiger partial charge in [-0.25, -0.2) is 0 Å². The zero-order chi connectivity index (χ0) is 17.5. The van der Waals surface area contributed by atoms with Gasteiger partial charge in [0.2, 0.25) is 5.91 Å². The minimum absolute atomic E-state index is 0.168. The summed E-state index contributed by atoms with van der Waals surface area (Å²) in [7, 11) is 0. The van der Waals surface area contributed by atoms with Gasteiger partial charge in [0.05, 0.1) is 13.0 Å². The van der Waals surface area contributed by atoms with Crippen LogP contribution in [-0.2, 0) is 17.8 Å². The van der Waals surface area contributed by atoms with Crippen LogP contribution in [0.2, 0.25) is 10.0 Å². The quantitative estimate of drug-likeness (QED) is 0.560. The van der Waals surface area contributed by atoms with E-state index in [0.29, 0.717) is 29.6 Å². The van der Waals surface area contributed by atoms with Crippen LogP contribution < -0.4 is 4.90 Å². The molecular formula is C19H18Cl2N2O. The number of carbonyl (C=O) groups is 1. The van der Waals surface area contributed by atoms with Crippen molar-refractivity contribution in [3.63, 3.8) is 0 Å². The fourth-order valence-corrected chi connectivity index (χ4v) is 3.05. The highest BCUT2D eigenvalue weighted by Crippen LogP contribution is 2.27. The number of nitrogens with zero attached hydrogens (tertiary/aromatic N) is 2. The van der Waals surface area contributed by atoms with Gasteiger partial charge in [0, 0.05) is 22.3 Å². The van der Waals surface area contributed by atoms with Crippen molar-refractivity contribution < 1.29 is 4.79 Å². The molecule has 1 aliphatic heterocycles. The Balaban J connectivity index is 0.000000177. The van der Waals surface area contributed by atoms with E-state index in [9.17, 15) is 4.79 Å². The lowest BCUT2D eigenvalue weighted by molar-refractivity contribution is -0.117. The summed E-state index contributed by atoms with van der Waals surface area (Å²) in [5.41, 5.74) is 3.14. The predicted molar refractivity (Wildman–Crippen MR) is 102 cm³/mol. The molecule has 0 aromatic heterocycles. The van der Waals surface area contributed by atoms with Crippen LogP contribution in [0.15, 0.2) is 60.1 Å². The third kappa shape index (κ3) is 4.70. The minimum Gasteiger partial charge on any atom is -0.308 e. The minimum atomic E-state index is 0.168. The molecule has 0 unspecified atom stereocenters. The van der Waals surface area contributed by atoms with E-state index in [-0.39, 0.29) is 5.91 Å². The Morgan fingerprint density at radius 3 is 2.46 bits per heavy atom. The molecule has 0 atom stereocenters. The number of para-hydroxylation sites is 1. The summed E-state index contributed by atoms with van der Waals surface area (Å²) >= 11 is 11.5. The number of benzene rings is 2. The molecule has 0 N–H and O–H groups in total. The van der Waals surface area contributed by atoms with Crippen molar-refractivity contribution in [1.82, 2.24) is 0 Å². The summed E-state index contributed by atoms with van der Waals surface area (Å²) < 4.78 is 0. The van der Waals surface area contributed by atoms with Crippen molar-refractivity contribution in [2.24, 2.45) is 4.99 Å². The smallest absolute Gasteiger partial charge is 0.231 e. The van der Waals surface area contributed by atoms with E-state index < -0.39 is 0 Å². The second kappa shape index (κ2) is 8.67. The van der Waals surface area contributed by atoms with Gasteiger partial charge in [-0.3, -0.25) is 9.79 Å². The molecular weight excluding hydrogens is 343 g/mol. The zero-order valence-electron chi connectivity index (χ0n) is 13.2. The van der Waals surface area contributed by atoms with Gasteiger partial charge in [0.25, 0.3) is 0 Å². The molecule has 3 nitrogen and oxygen atoms in total. The average molecular weight is 361 g/mol. The van der Waals surface area contributed by atoms with Gasteiger partial charge in [-0.15, -0.1) is 6.58 Å². The molecule has 0 aliphatic carbocycles. The number of fused-ring (bicyclic) bond motifs is 1. The lowest BCUT2D eigenvalue weighted by Crippen LogP contribution is -2.26. The Kier molecular flexibility index (Phi) is 6.59. The van der Waals surface area contributed by atoms with Crippen LogP contribution in [0.5, 0.6) is 0 Å². The summed E-state index contributed by atoms with van der Waals surface area (Å²) in [6.45, 7) is 8.18. The maximum absolute atomic E-state index is 11.5. The molecule has 24 heavy (non-hydrogen) atoms. The lowest BCUT2D eigenvalue weighted by Gasteiger charge is -2.14. The Labute approximate surface area is 152 Å². The number of carbonyl (C=O) groups excluding carboxylic acids is 1. The van der Waals surface area contributed by atoms with E-state index in [1.54, 1.807) is 17.0 Å². The molecule has 1 amide bonds. The molecule has 1 heterocycles. The SMILES string of the molecule is C=CCN1C(=O)Cc2ccccc21.C=NCc1cc(Cl)cc(Cl)c1. The van der Waals surface area contributed by atoms with E-state index in [2.05, 4.69) is 18.3 Å². The van der Waals surface area contributed by atoms with Gasteiger partial charge in [-0.2, -0.15) is 0 Å². The topological polar surface area (TPSA) is 32.7 Å².